The van der Waals surface area contributed by atoms with Gasteiger partial charge in [0.05, 0.1) is 19.8 Å². The van der Waals surface area contributed by atoms with E-state index in [0.717, 1.165) is 0 Å². The maximum absolute atomic E-state index is 11.2. The van der Waals surface area contributed by atoms with Gasteiger partial charge < -0.3 is 0 Å². The molecule has 0 aromatic heterocycles. The Morgan fingerprint density at radius 3 is 2.33 bits per heavy atom. The van der Waals surface area contributed by atoms with Crippen molar-refractivity contribution in [1.29, 1.82) is 4.78 Å². The maximum atomic E-state index is 11.2. The van der Waals surface area contributed by atoms with Gasteiger partial charge in [-0.1, -0.05) is 23.2 Å². The average molecular weight is 224 g/mol. The zero-order chi connectivity index (χ0) is 9.35. The molecule has 0 aliphatic heterocycles. The second-order valence-electron chi connectivity index (χ2n) is 2.42. The average Bonchev–Trinajstić information content (AvgIpc) is 1.92. The van der Waals surface area contributed by atoms with Crippen LogP contribution in [0.25, 0.3) is 0 Å². The van der Waals surface area contributed by atoms with Crippen LogP contribution in [-0.4, -0.2) is 10.5 Å². The molecule has 12 heavy (non-hydrogen) atoms. The molecule has 0 radical (unpaired) electrons. The molecule has 0 spiro atoms. The molecule has 1 unspecified atom stereocenters. The first-order chi connectivity index (χ1) is 5.41. The Kier molecular flexibility index (Phi) is 2.66. The van der Waals surface area contributed by atoms with E-state index >= 15 is 0 Å². The summed E-state index contributed by atoms with van der Waals surface area (Å²) in [5, 5.41) is 0.736. The van der Waals surface area contributed by atoms with Crippen LogP contribution in [0.5, 0.6) is 0 Å². The predicted octanol–water partition coefficient (Wildman–Crippen LogP) is 3.03. The van der Waals surface area contributed by atoms with Crippen LogP contribution in [0.3, 0.4) is 0 Å². The van der Waals surface area contributed by atoms with Crippen molar-refractivity contribution in [3.8, 4) is 0 Å². The van der Waals surface area contributed by atoms with Gasteiger partial charge >= 0.3 is 0 Å². The fraction of sp³-hybridized carbons (Fsp3) is 0.143. The maximum Gasteiger partial charge on any atom is 0.0697 e. The molecule has 0 aliphatic carbocycles. The summed E-state index contributed by atoms with van der Waals surface area (Å²) in [5.74, 6) is 0. The van der Waals surface area contributed by atoms with Gasteiger partial charge in [0.1, 0.15) is 0 Å². The molecule has 5 heteroatoms. The summed E-state index contributed by atoms with van der Waals surface area (Å²) in [6, 6.07) is 4.54. The van der Waals surface area contributed by atoms with Crippen LogP contribution in [0.4, 0.5) is 0 Å². The van der Waals surface area contributed by atoms with Gasteiger partial charge in [-0.2, -0.15) is 0 Å². The van der Waals surface area contributed by atoms with Crippen molar-refractivity contribution >= 4 is 32.9 Å². The van der Waals surface area contributed by atoms with Crippen molar-refractivity contribution in [1.82, 2.24) is 0 Å². The monoisotopic (exact) mass is 223 g/mol. The van der Waals surface area contributed by atoms with E-state index < -0.39 is 9.73 Å². The molecule has 1 aromatic carbocycles. The van der Waals surface area contributed by atoms with E-state index in [1.165, 1.54) is 18.4 Å². The summed E-state index contributed by atoms with van der Waals surface area (Å²) in [6.45, 7) is 0. The first-order valence-corrected chi connectivity index (χ1v) is 5.82. The fourth-order valence-electron chi connectivity index (χ4n) is 0.719. The van der Waals surface area contributed by atoms with Crippen molar-refractivity contribution in [2.45, 2.75) is 4.90 Å². The molecule has 2 nitrogen and oxygen atoms in total. The largest absolute Gasteiger partial charge is 0.249 e. The molecule has 0 saturated heterocycles. The highest BCUT2D eigenvalue weighted by Crippen LogP contribution is 2.24. The molecule has 0 saturated carbocycles. The van der Waals surface area contributed by atoms with Crippen LogP contribution in [0, 0.1) is 4.78 Å². The lowest BCUT2D eigenvalue weighted by Crippen LogP contribution is -1.93. The van der Waals surface area contributed by atoms with E-state index in [0.29, 0.717) is 14.9 Å². The molecule has 0 aliphatic rings. The summed E-state index contributed by atoms with van der Waals surface area (Å²) in [7, 11) is -2.69. The van der Waals surface area contributed by atoms with Crippen molar-refractivity contribution in [2.24, 2.45) is 0 Å². The Morgan fingerprint density at radius 1 is 1.33 bits per heavy atom. The van der Waals surface area contributed by atoms with Gasteiger partial charge in [0.15, 0.2) is 0 Å². The van der Waals surface area contributed by atoms with Crippen LogP contribution >= 0.6 is 23.2 Å². The van der Waals surface area contributed by atoms with E-state index in [9.17, 15) is 4.21 Å². The van der Waals surface area contributed by atoms with Crippen LogP contribution < -0.4 is 0 Å². The molecule has 0 bridgehead atoms. The highest BCUT2D eigenvalue weighted by Gasteiger charge is 2.05. The highest BCUT2D eigenvalue weighted by molar-refractivity contribution is 7.91. The van der Waals surface area contributed by atoms with Gasteiger partial charge in [-0.15, -0.1) is 0 Å². The van der Waals surface area contributed by atoms with Gasteiger partial charge in [0.25, 0.3) is 0 Å². The molecule has 1 N–H and O–H groups in total. The van der Waals surface area contributed by atoms with E-state index in [2.05, 4.69) is 0 Å². The number of nitrogens with one attached hydrogen (secondary N) is 1. The first kappa shape index (κ1) is 9.84. The molecule has 0 amide bonds. The molecular weight excluding hydrogens is 217 g/mol. The Labute approximate surface area is 81.5 Å². The molecule has 66 valence electrons. The van der Waals surface area contributed by atoms with Gasteiger partial charge in [0, 0.05) is 11.2 Å². The Hall–Kier alpha value is -0.250. The quantitative estimate of drug-likeness (QED) is 0.782. The Balaban J connectivity index is 3.33. The first-order valence-electron chi connectivity index (χ1n) is 3.10. The predicted molar refractivity (Wildman–Crippen MR) is 51.5 cm³/mol. The molecule has 0 heterocycles. The third-order valence-corrected chi connectivity index (χ3v) is 3.23. The summed E-state index contributed by atoms with van der Waals surface area (Å²) < 4.78 is 18.5. The summed E-state index contributed by atoms with van der Waals surface area (Å²) in [6.07, 6.45) is 1.34. The van der Waals surface area contributed by atoms with Crippen LogP contribution in [-0.2, 0) is 9.73 Å². The minimum Gasteiger partial charge on any atom is -0.249 e. The lowest BCUT2D eigenvalue weighted by molar-refractivity contribution is 0.679. The zero-order valence-corrected chi connectivity index (χ0v) is 8.63. The molecule has 1 aromatic rings. The molecular formula is C7H7Cl2NOS. The lowest BCUT2D eigenvalue weighted by Gasteiger charge is -2.01. The van der Waals surface area contributed by atoms with Crippen LogP contribution in [0.2, 0.25) is 10.0 Å². The van der Waals surface area contributed by atoms with Crippen molar-refractivity contribution in [3.63, 3.8) is 0 Å². The third kappa shape index (κ3) is 2.12. The standard InChI is InChI=1S/C7H7Cl2NOS/c1-12(10,11)5-2-3-6(8)7(9)4-5/h2-4,10H,1H3. The van der Waals surface area contributed by atoms with Gasteiger partial charge in [0.2, 0.25) is 0 Å². The Morgan fingerprint density at radius 2 is 1.92 bits per heavy atom. The fourth-order valence-corrected chi connectivity index (χ4v) is 1.75. The number of hydrogen-bond donors (Lipinski definition) is 1. The van der Waals surface area contributed by atoms with Crippen LogP contribution in [0.15, 0.2) is 23.1 Å². The summed E-state index contributed by atoms with van der Waals surface area (Å²) in [5.41, 5.74) is 0. The van der Waals surface area contributed by atoms with E-state index in [4.69, 9.17) is 28.0 Å². The normalized spacial score (nSPS) is 15.6. The highest BCUT2D eigenvalue weighted by atomic mass is 35.5. The minimum atomic E-state index is -2.69. The van der Waals surface area contributed by atoms with Gasteiger partial charge in [-0.3, -0.25) is 0 Å². The number of benzene rings is 1. The van der Waals surface area contributed by atoms with E-state index in [1.54, 1.807) is 6.07 Å². The smallest absolute Gasteiger partial charge is 0.0697 e. The van der Waals surface area contributed by atoms with Crippen molar-refractivity contribution < 1.29 is 4.21 Å². The van der Waals surface area contributed by atoms with Crippen molar-refractivity contribution in [3.05, 3.63) is 28.2 Å². The summed E-state index contributed by atoms with van der Waals surface area (Å²) >= 11 is 11.3. The Bertz CT molecular complexity index is 400. The third-order valence-electron chi connectivity index (χ3n) is 1.34. The zero-order valence-electron chi connectivity index (χ0n) is 6.30. The van der Waals surface area contributed by atoms with E-state index in [1.807, 2.05) is 0 Å². The number of rotatable bonds is 1. The van der Waals surface area contributed by atoms with E-state index in [-0.39, 0.29) is 0 Å². The molecule has 1 rings (SSSR count). The lowest BCUT2D eigenvalue weighted by atomic mass is 10.4. The topological polar surface area (TPSA) is 40.9 Å². The minimum absolute atomic E-state index is 0.330. The van der Waals surface area contributed by atoms with Crippen molar-refractivity contribution in [2.75, 3.05) is 6.26 Å². The number of hydrogen-bond acceptors (Lipinski definition) is 2. The van der Waals surface area contributed by atoms with Gasteiger partial charge in [-0.05, 0) is 18.2 Å². The molecule has 0 fully saturated rings. The SMILES string of the molecule is CS(=N)(=O)c1ccc(Cl)c(Cl)c1. The second-order valence-corrected chi connectivity index (χ2v) is 5.39. The second kappa shape index (κ2) is 3.24. The van der Waals surface area contributed by atoms with Gasteiger partial charge in [-0.25, -0.2) is 8.99 Å². The molecule has 1 atom stereocenters. The summed E-state index contributed by atoms with van der Waals surface area (Å²) in [4.78, 5) is 0.400. The number of halogens is 2. The van der Waals surface area contributed by atoms with Crippen LogP contribution in [0.1, 0.15) is 0 Å².